The summed E-state index contributed by atoms with van der Waals surface area (Å²) in [6.07, 6.45) is 2.61. The van der Waals surface area contributed by atoms with Crippen molar-refractivity contribution in [1.82, 2.24) is 19.7 Å². The largest absolute Gasteiger partial charge is 0.345 e. The van der Waals surface area contributed by atoms with Gasteiger partial charge in [0.1, 0.15) is 18.3 Å². The number of nitrogens with zero attached hydrogens (tertiary/aromatic N) is 5. The van der Waals surface area contributed by atoms with E-state index in [0.29, 0.717) is 5.56 Å². The molecule has 2 rings (SSSR count). The monoisotopic (exact) mass is 261 g/mol. The minimum absolute atomic E-state index is 0.138. The molecule has 0 aliphatic carbocycles. The molecule has 0 N–H and O–H groups in total. The second-order valence-electron chi connectivity index (χ2n) is 4.00. The molecule has 0 fully saturated rings. The van der Waals surface area contributed by atoms with Gasteiger partial charge >= 0.3 is 0 Å². The molecule has 0 aliphatic heterocycles. The zero-order valence-electron chi connectivity index (χ0n) is 10.3. The Labute approximate surface area is 108 Å². The van der Waals surface area contributed by atoms with E-state index in [9.17, 15) is 14.9 Å². The first-order chi connectivity index (χ1) is 9.00. The molecule has 0 radical (unpaired) electrons. The molecule has 98 valence electrons. The Kier molecular flexibility index (Phi) is 3.23. The molecule has 0 bridgehead atoms. The van der Waals surface area contributed by atoms with Crippen LogP contribution < -0.4 is 0 Å². The third kappa shape index (κ3) is 2.41. The molecule has 0 atom stereocenters. The summed E-state index contributed by atoms with van der Waals surface area (Å²) in [7, 11) is 3.22. The topological polar surface area (TPSA) is 94.2 Å². The van der Waals surface area contributed by atoms with Gasteiger partial charge < -0.3 is 4.90 Å². The first-order valence-electron chi connectivity index (χ1n) is 5.36. The lowest BCUT2D eigenvalue weighted by molar-refractivity contribution is -0.384. The highest BCUT2D eigenvalue weighted by molar-refractivity contribution is 5.95. The molecule has 8 nitrogen and oxygen atoms in total. The van der Waals surface area contributed by atoms with E-state index in [1.807, 2.05) is 0 Å². The summed E-state index contributed by atoms with van der Waals surface area (Å²) in [5.74, 6) is -0.240. The van der Waals surface area contributed by atoms with Crippen molar-refractivity contribution in [2.45, 2.75) is 0 Å². The van der Waals surface area contributed by atoms with E-state index < -0.39 is 4.92 Å². The lowest BCUT2D eigenvalue weighted by atomic mass is 10.1. The summed E-state index contributed by atoms with van der Waals surface area (Å²) >= 11 is 0. The number of carbonyl (C=O) groups is 1. The van der Waals surface area contributed by atoms with E-state index in [0.717, 1.165) is 0 Å². The minimum atomic E-state index is -0.527. The molecule has 1 aromatic carbocycles. The van der Waals surface area contributed by atoms with Crippen LogP contribution in [0.5, 0.6) is 0 Å². The maximum atomic E-state index is 11.9. The van der Waals surface area contributed by atoms with Crippen LogP contribution in [-0.2, 0) is 0 Å². The molecular formula is C11H11N5O3. The van der Waals surface area contributed by atoms with Crippen LogP contribution in [0.3, 0.4) is 0 Å². The van der Waals surface area contributed by atoms with Crippen LogP contribution in [0.4, 0.5) is 5.69 Å². The fraction of sp³-hybridized carbons (Fsp3) is 0.182. The van der Waals surface area contributed by atoms with Crippen LogP contribution in [0.2, 0.25) is 0 Å². The highest BCUT2D eigenvalue weighted by Gasteiger charge is 2.19. The number of hydrogen-bond donors (Lipinski definition) is 0. The molecule has 1 heterocycles. The summed E-state index contributed by atoms with van der Waals surface area (Å²) in [6, 6.07) is 4.13. The molecule has 0 spiro atoms. The fourth-order valence-corrected chi connectivity index (χ4v) is 1.59. The molecule has 1 aromatic heterocycles. The maximum absolute atomic E-state index is 11.9. The summed E-state index contributed by atoms with van der Waals surface area (Å²) < 4.78 is 1.25. The maximum Gasteiger partial charge on any atom is 0.294 e. The quantitative estimate of drug-likeness (QED) is 0.603. The van der Waals surface area contributed by atoms with Gasteiger partial charge in [-0.1, -0.05) is 0 Å². The lowest BCUT2D eigenvalue weighted by Crippen LogP contribution is -2.22. The molecule has 1 amide bonds. The van der Waals surface area contributed by atoms with Crippen molar-refractivity contribution in [2.24, 2.45) is 0 Å². The van der Waals surface area contributed by atoms with E-state index in [2.05, 4.69) is 10.1 Å². The van der Waals surface area contributed by atoms with Gasteiger partial charge in [0.05, 0.1) is 4.92 Å². The Hall–Kier alpha value is -2.77. The van der Waals surface area contributed by atoms with E-state index in [-0.39, 0.29) is 17.3 Å². The average molecular weight is 261 g/mol. The van der Waals surface area contributed by atoms with E-state index in [1.165, 1.54) is 40.4 Å². The normalized spacial score (nSPS) is 10.2. The van der Waals surface area contributed by atoms with Crippen molar-refractivity contribution in [3.63, 3.8) is 0 Å². The molecule has 19 heavy (non-hydrogen) atoms. The van der Waals surface area contributed by atoms with Crippen LogP contribution in [0.15, 0.2) is 30.9 Å². The lowest BCUT2D eigenvalue weighted by Gasteiger charge is -2.11. The molecule has 0 unspecified atom stereocenters. The number of aromatic nitrogens is 3. The molecule has 2 aromatic rings. The second kappa shape index (κ2) is 4.84. The van der Waals surface area contributed by atoms with Gasteiger partial charge in [0.2, 0.25) is 0 Å². The van der Waals surface area contributed by atoms with Gasteiger partial charge in [-0.25, -0.2) is 9.67 Å². The van der Waals surface area contributed by atoms with E-state index in [1.54, 1.807) is 14.1 Å². The van der Waals surface area contributed by atoms with E-state index in [4.69, 9.17) is 0 Å². The van der Waals surface area contributed by atoms with Crippen LogP contribution in [0.25, 0.3) is 5.69 Å². The van der Waals surface area contributed by atoms with Crippen molar-refractivity contribution in [1.29, 1.82) is 0 Å². The van der Waals surface area contributed by atoms with E-state index >= 15 is 0 Å². The van der Waals surface area contributed by atoms with Gasteiger partial charge in [0.25, 0.3) is 11.6 Å². The number of benzene rings is 1. The molecule has 8 heteroatoms. The highest BCUT2D eigenvalue weighted by Crippen LogP contribution is 2.23. The number of rotatable bonds is 3. The average Bonchev–Trinajstić information content (AvgIpc) is 2.90. The van der Waals surface area contributed by atoms with Crippen molar-refractivity contribution < 1.29 is 9.72 Å². The molecule has 0 saturated heterocycles. The van der Waals surface area contributed by atoms with Gasteiger partial charge in [-0.05, 0) is 12.1 Å². The second-order valence-corrected chi connectivity index (χ2v) is 4.00. The highest BCUT2D eigenvalue weighted by atomic mass is 16.6. The van der Waals surface area contributed by atoms with Crippen LogP contribution in [0, 0.1) is 10.1 Å². The SMILES string of the molecule is CN(C)C(=O)c1ccc([N+](=O)[O-])c(-n2cncn2)c1. The van der Waals surface area contributed by atoms with Gasteiger partial charge in [0, 0.05) is 25.7 Å². The smallest absolute Gasteiger partial charge is 0.294 e. The van der Waals surface area contributed by atoms with Crippen molar-refractivity contribution in [3.8, 4) is 5.69 Å². The first kappa shape index (κ1) is 12.7. The van der Waals surface area contributed by atoms with Crippen LogP contribution in [0.1, 0.15) is 10.4 Å². The first-order valence-corrected chi connectivity index (χ1v) is 5.36. The number of nitro benzene ring substituents is 1. The van der Waals surface area contributed by atoms with Gasteiger partial charge in [-0.15, -0.1) is 0 Å². The minimum Gasteiger partial charge on any atom is -0.345 e. The fourth-order valence-electron chi connectivity index (χ4n) is 1.59. The number of carbonyl (C=O) groups excluding carboxylic acids is 1. The summed E-state index contributed by atoms with van der Waals surface area (Å²) in [4.78, 5) is 27.4. The van der Waals surface area contributed by atoms with Gasteiger partial charge in [0.15, 0.2) is 0 Å². The van der Waals surface area contributed by atoms with Crippen LogP contribution in [-0.4, -0.2) is 44.6 Å². The number of hydrogen-bond acceptors (Lipinski definition) is 5. The Morgan fingerprint density at radius 2 is 2.16 bits per heavy atom. The molecule has 0 saturated carbocycles. The summed E-state index contributed by atoms with van der Waals surface area (Å²) in [5.41, 5.74) is 0.414. The summed E-state index contributed by atoms with van der Waals surface area (Å²) in [6.45, 7) is 0. The van der Waals surface area contributed by atoms with Crippen molar-refractivity contribution >= 4 is 11.6 Å². The Bertz CT molecular complexity index is 621. The standard InChI is InChI=1S/C11H11N5O3/c1-14(2)11(17)8-3-4-9(16(18)19)10(5-8)15-7-12-6-13-15/h3-7H,1-2H3. The third-order valence-electron chi connectivity index (χ3n) is 2.49. The summed E-state index contributed by atoms with van der Waals surface area (Å²) in [5, 5.41) is 14.8. The Morgan fingerprint density at radius 1 is 1.42 bits per heavy atom. The number of nitro groups is 1. The third-order valence-corrected chi connectivity index (χ3v) is 2.49. The zero-order chi connectivity index (χ0) is 14.0. The van der Waals surface area contributed by atoms with Gasteiger partial charge in [-0.3, -0.25) is 14.9 Å². The molecular weight excluding hydrogens is 250 g/mol. The van der Waals surface area contributed by atoms with Crippen LogP contribution >= 0.6 is 0 Å². The Balaban J connectivity index is 2.57. The predicted molar refractivity (Wildman–Crippen MR) is 66.0 cm³/mol. The number of amides is 1. The molecule has 0 aliphatic rings. The Morgan fingerprint density at radius 3 is 2.68 bits per heavy atom. The zero-order valence-corrected chi connectivity index (χ0v) is 10.3. The van der Waals surface area contributed by atoms with Crippen molar-refractivity contribution in [2.75, 3.05) is 14.1 Å². The van der Waals surface area contributed by atoms with Crippen molar-refractivity contribution in [3.05, 3.63) is 46.5 Å². The predicted octanol–water partition coefficient (Wildman–Crippen LogP) is 0.877. The van der Waals surface area contributed by atoms with Gasteiger partial charge in [-0.2, -0.15) is 5.10 Å².